The maximum absolute atomic E-state index is 13.8. The second-order valence-corrected chi connectivity index (χ2v) is 14.3. The maximum atomic E-state index is 13.8. The molecule has 0 bridgehead atoms. The fourth-order valence-corrected chi connectivity index (χ4v) is 8.25. The molecule has 1 aromatic heterocycles. The SMILES string of the molecule is CC1CC(C)CN(c2oc(C(CNc3ccccc3)C3CCC(C(c4ccc(F)cc4)N(C)C)CC3)nc2Cc2ccccc2)C1. The summed E-state index contributed by atoms with van der Waals surface area (Å²) in [7, 11) is 4.30. The van der Waals surface area contributed by atoms with Gasteiger partial charge in [0.1, 0.15) is 11.5 Å². The highest BCUT2D eigenvalue weighted by Gasteiger charge is 2.37. The number of anilines is 2. The van der Waals surface area contributed by atoms with Crippen molar-refractivity contribution in [1.29, 1.82) is 0 Å². The number of piperidine rings is 1. The zero-order chi connectivity index (χ0) is 32.0. The number of aromatic nitrogens is 1. The predicted octanol–water partition coefficient (Wildman–Crippen LogP) is 9.19. The van der Waals surface area contributed by atoms with E-state index < -0.39 is 0 Å². The third kappa shape index (κ3) is 7.83. The van der Waals surface area contributed by atoms with E-state index in [-0.39, 0.29) is 17.8 Å². The van der Waals surface area contributed by atoms with Crippen LogP contribution in [0.25, 0.3) is 0 Å². The molecule has 4 unspecified atom stereocenters. The Hall–Kier alpha value is -3.64. The first kappa shape index (κ1) is 32.3. The van der Waals surface area contributed by atoms with Crippen LogP contribution in [-0.2, 0) is 6.42 Å². The number of rotatable bonds is 11. The molecule has 1 aliphatic carbocycles. The van der Waals surface area contributed by atoms with E-state index in [1.54, 1.807) is 12.1 Å². The largest absolute Gasteiger partial charge is 0.424 e. The second kappa shape index (κ2) is 14.8. The van der Waals surface area contributed by atoms with Crippen LogP contribution in [-0.4, -0.2) is 43.6 Å². The summed E-state index contributed by atoms with van der Waals surface area (Å²) in [5.74, 6) is 4.05. The minimum atomic E-state index is -0.177. The summed E-state index contributed by atoms with van der Waals surface area (Å²) in [5.41, 5.74) is 4.65. The van der Waals surface area contributed by atoms with Crippen molar-refractivity contribution in [2.45, 2.75) is 64.3 Å². The standard InChI is InChI=1S/C40H51FN4O/c1-28-23-29(2)27-45(26-28)40-37(24-30-11-7-5-8-12-30)43-39(46-40)36(25-42-35-13-9-6-10-14-35)31-15-17-32(18-16-31)38(44(3)4)33-19-21-34(41)22-20-33/h5-14,19-22,28-29,31-32,36,38,42H,15-18,23-27H2,1-4H3. The Labute approximate surface area is 275 Å². The molecule has 3 aromatic carbocycles. The van der Waals surface area contributed by atoms with Crippen LogP contribution in [0.15, 0.2) is 89.3 Å². The number of nitrogens with one attached hydrogen (secondary N) is 1. The molecule has 2 aliphatic rings. The van der Waals surface area contributed by atoms with E-state index in [1.165, 1.54) is 17.5 Å². The van der Waals surface area contributed by atoms with Gasteiger partial charge < -0.3 is 19.5 Å². The highest BCUT2D eigenvalue weighted by Crippen LogP contribution is 2.45. The average Bonchev–Trinajstić information content (AvgIpc) is 3.46. The molecule has 1 aliphatic heterocycles. The second-order valence-electron chi connectivity index (χ2n) is 14.3. The Morgan fingerprint density at radius 2 is 1.46 bits per heavy atom. The van der Waals surface area contributed by atoms with Gasteiger partial charge in [0, 0.05) is 37.8 Å². The van der Waals surface area contributed by atoms with Crippen molar-refractivity contribution >= 4 is 11.6 Å². The minimum Gasteiger partial charge on any atom is -0.424 e. The summed E-state index contributed by atoms with van der Waals surface area (Å²) >= 11 is 0. The summed E-state index contributed by atoms with van der Waals surface area (Å²) in [5, 5.41) is 3.74. The third-order valence-electron chi connectivity index (χ3n) is 10.3. The lowest BCUT2D eigenvalue weighted by Gasteiger charge is -2.39. The first-order valence-corrected chi connectivity index (χ1v) is 17.3. The first-order chi connectivity index (χ1) is 22.3. The van der Waals surface area contributed by atoms with Crippen LogP contribution in [0.1, 0.15) is 80.6 Å². The van der Waals surface area contributed by atoms with Gasteiger partial charge in [-0.15, -0.1) is 0 Å². The van der Waals surface area contributed by atoms with Crippen LogP contribution < -0.4 is 10.2 Å². The summed E-state index contributed by atoms with van der Waals surface area (Å²) in [6, 6.07) is 28.6. The van der Waals surface area contributed by atoms with Crippen molar-refractivity contribution in [2.24, 2.45) is 23.7 Å². The number of benzene rings is 3. The van der Waals surface area contributed by atoms with Gasteiger partial charge in [0.25, 0.3) is 0 Å². The normalized spacial score (nSPS) is 23.3. The molecular weight excluding hydrogens is 571 g/mol. The summed E-state index contributed by atoms with van der Waals surface area (Å²) in [6.07, 6.45) is 6.50. The third-order valence-corrected chi connectivity index (χ3v) is 10.3. The molecular formula is C40H51FN4O. The molecule has 46 heavy (non-hydrogen) atoms. The van der Waals surface area contributed by atoms with E-state index in [4.69, 9.17) is 9.40 Å². The van der Waals surface area contributed by atoms with Gasteiger partial charge >= 0.3 is 0 Å². The molecule has 1 saturated heterocycles. The quantitative estimate of drug-likeness (QED) is 0.181. The van der Waals surface area contributed by atoms with Crippen molar-refractivity contribution in [3.63, 3.8) is 0 Å². The number of para-hydroxylation sites is 1. The number of oxazole rings is 1. The predicted molar refractivity (Wildman–Crippen MR) is 187 cm³/mol. The highest BCUT2D eigenvalue weighted by atomic mass is 19.1. The van der Waals surface area contributed by atoms with Crippen LogP contribution in [0.4, 0.5) is 16.0 Å². The van der Waals surface area contributed by atoms with Crippen molar-refractivity contribution in [3.8, 4) is 0 Å². The van der Waals surface area contributed by atoms with Crippen LogP contribution in [0.3, 0.4) is 0 Å². The van der Waals surface area contributed by atoms with E-state index in [1.807, 2.05) is 12.1 Å². The number of hydrogen-bond acceptors (Lipinski definition) is 5. The molecule has 2 heterocycles. The molecule has 5 nitrogen and oxygen atoms in total. The van der Waals surface area contributed by atoms with E-state index in [0.29, 0.717) is 23.7 Å². The van der Waals surface area contributed by atoms with Gasteiger partial charge in [-0.05, 0) is 105 Å². The van der Waals surface area contributed by atoms with Gasteiger partial charge in [-0.1, -0.05) is 74.5 Å². The summed E-state index contributed by atoms with van der Waals surface area (Å²) in [6.45, 7) is 7.51. The van der Waals surface area contributed by atoms with Crippen molar-refractivity contribution in [2.75, 3.05) is 43.9 Å². The number of halogens is 1. The van der Waals surface area contributed by atoms with Crippen molar-refractivity contribution in [3.05, 3.63) is 113 Å². The fraction of sp³-hybridized carbons (Fsp3) is 0.475. The molecule has 244 valence electrons. The Kier molecular flexibility index (Phi) is 10.4. The zero-order valence-corrected chi connectivity index (χ0v) is 28.0. The average molecular weight is 623 g/mol. The van der Waals surface area contributed by atoms with Gasteiger partial charge in [0.15, 0.2) is 0 Å². The van der Waals surface area contributed by atoms with Crippen LogP contribution in [0.2, 0.25) is 0 Å². The molecule has 2 fully saturated rings. The Balaban J connectivity index is 1.28. The topological polar surface area (TPSA) is 44.5 Å². The molecule has 0 spiro atoms. The molecule has 4 aromatic rings. The van der Waals surface area contributed by atoms with Gasteiger partial charge in [0.2, 0.25) is 11.8 Å². The molecule has 1 saturated carbocycles. The fourth-order valence-electron chi connectivity index (χ4n) is 8.25. The van der Waals surface area contributed by atoms with E-state index in [9.17, 15) is 4.39 Å². The van der Waals surface area contributed by atoms with Gasteiger partial charge in [-0.2, -0.15) is 0 Å². The molecule has 6 rings (SSSR count). The van der Waals surface area contributed by atoms with Gasteiger partial charge in [-0.3, -0.25) is 0 Å². The lowest BCUT2D eigenvalue weighted by atomic mass is 9.72. The lowest BCUT2D eigenvalue weighted by Crippen LogP contribution is -2.39. The summed E-state index contributed by atoms with van der Waals surface area (Å²) in [4.78, 5) is 10.1. The highest BCUT2D eigenvalue weighted by molar-refractivity contribution is 5.46. The van der Waals surface area contributed by atoms with Crippen LogP contribution in [0.5, 0.6) is 0 Å². The number of nitrogens with zero attached hydrogens (tertiary/aromatic N) is 3. The van der Waals surface area contributed by atoms with E-state index in [2.05, 4.69) is 104 Å². The van der Waals surface area contributed by atoms with Crippen molar-refractivity contribution < 1.29 is 8.81 Å². The smallest absolute Gasteiger partial charge is 0.219 e. The Morgan fingerprint density at radius 1 is 0.848 bits per heavy atom. The Bertz CT molecular complexity index is 1490. The molecule has 0 radical (unpaired) electrons. The van der Waals surface area contributed by atoms with Gasteiger partial charge in [-0.25, -0.2) is 9.37 Å². The summed E-state index contributed by atoms with van der Waals surface area (Å²) < 4.78 is 20.7. The van der Waals surface area contributed by atoms with Crippen LogP contribution in [0, 0.1) is 29.5 Å². The first-order valence-electron chi connectivity index (χ1n) is 17.3. The maximum Gasteiger partial charge on any atom is 0.219 e. The minimum absolute atomic E-state index is 0.160. The van der Waals surface area contributed by atoms with E-state index >= 15 is 0 Å². The van der Waals surface area contributed by atoms with Crippen molar-refractivity contribution in [1.82, 2.24) is 9.88 Å². The van der Waals surface area contributed by atoms with Gasteiger partial charge in [0.05, 0.1) is 5.92 Å². The molecule has 0 amide bonds. The molecule has 6 heteroatoms. The van der Waals surface area contributed by atoms with Crippen LogP contribution >= 0.6 is 0 Å². The molecule has 4 atom stereocenters. The molecule has 1 N–H and O–H groups in total. The number of hydrogen-bond donors (Lipinski definition) is 1. The zero-order valence-electron chi connectivity index (χ0n) is 28.0. The van der Waals surface area contributed by atoms with E-state index in [0.717, 1.165) is 74.9 Å². The monoisotopic (exact) mass is 622 g/mol. The Morgan fingerprint density at radius 3 is 2.09 bits per heavy atom. The lowest BCUT2D eigenvalue weighted by molar-refractivity contribution is 0.137.